The van der Waals surface area contributed by atoms with Gasteiger partial charge in [0.15, 0.2) is 14.5 Å². The van der Waals surface area contributed by atoms with Crippen molar-refractivity contribution in [2.75, 3.05) is 0 Å². The monoisotopic (exact) mass is 325 g/mol. The first-order valence-corrected chi connectivity index (χ1v) is 9.66. The predicted octanol–water partition coefficient (Wildman–Crippen LogP) is 3.00. The van der Waals surface area contributed by atoms with Gasteiger partial charge in [0.1, 0.15) is 18.0 Å². The second-order valence-corrected chi connectivity index (χ2v) is 10.3. The molecule has 0 spiro atoms. The fourth-order valence-electron chi connectivity index (χ4n) is 1.80. The number of hydrogen-bond donors (Lipinski definition) is 0. The minimum absolute atomic E-state index is 0.327. The largest absolute Gasteiger partial charge is 0.404 e. The van der Waals surface area contributed by atoms with Gasteiger partial charge in [0.05, 0.1) is 11.5 Å². The van der Waals surface area contributed by atoms with E-state index in [-0.39, 0.29) is 5.69 Å². The van der Waals surface area contributed by atoms with Gasteiger partial charge < -0.3 is 4.43 Å². The molecule has 0 saturated carbocycles. The number of nitrogens with zero attached hydrogens (tertiary/aromatic N) is 3. The smallest absolute Gasteiger partial charge is 0.306 e. The Morgan fingerprint density at radius 2 is 2.05 bits per heavy atom. The summed E-state index contributed by atoms with van der Waals surface area (Å²) in [5.41, 5.74) is -2.60. The standard InChI is InChI=1S/C11H18F3N3O3Si/c1-11(10(13)14,20-21(2,3)4)9(12)7-16-6-8(5-15-16)17(18)19/h5-6,9-10H,7H2,1-4H3. The molecule has 0 radical (unpaired) electrons. The fourth-order valence-corrected chi connectivity index (χ4v) is 3.33. The maximum absolute atomic E-state index is 14.3. The van der Waals surface area contributed by atoms with Crippen LogP contribution in [0.2, 0.25) is 19.6 Å². The van der Waals surface area contributed by atoms with Gasteiger partial charge in [-0.05, 0) is 26.6 Å². The predicted molar refractivity (Wildman–Crippen MR) is 72.6 cm³/mol. The van der Waals surface area contributed by atoms with E-state index in [1.54, 1.807) is 19.6 Å². The third-order valence-electron chi connectivity index (χ3n) is 2.76. The molecule has 1 rings (SSSR count). The quantitative estimate of drug-likeness (QED) is 0.439. The van der Waals surface area contributed by atoms with Crippen molar-refractivity contribution in [3.8, 4) is 0 Å². The average molecular weight is 325 g/mol. The number of alkyl halides is 3. The summed E-state index contributed by atoms with van der Waals surface area (Å²) in [5, 5.41) is 14.1. The van der Waals surface area contributed by atoms with Crippen molar-refractivity contribution in [1.82, 2.24) is 9.78 Å². The summed E-state index contributed by atoms with van der Waals surface area (Å²) in [6, 6.07) is 0. The third kappa shape index (κ3) is 4.53. The summed E-state index contributed by atoms with van der Waals surface area (Å²) >= 11 is 0. The molecule has 10 heteroatoms. The zero-order valence-corrected chi connectivity index (χ0v) is 13.2. The van der Waals surface area contributed by atoms with Crippen LogP contribution in [0.25, 0.3) is 0 Å². The fraction of sp³-hybridized carbons (Fsp3) is 0.727. The number of aromatic nitrogens is 2. The average Bonchev–Trinajstić information content (AvgIpc) is 2.74. The van der Waals surface area contributed by atoms with Crippen molar-refractivity contribution in [1.29, 1.82) is 0 Å². The molecule has 0 aliphatic rings. The summed E-state index contributed by atoms with van der Waals surface area (Å²) < 4.78 is 47.0. The highest BCUT2D eigenvalue weighted by atomic mass is 28.4. The second-order valence-electron chi connectivity index (χ2n) is 5.84. The Kier molecular flexibility index (Phi) is 5.15. The van der Waals surface area contributed by atoms with E-state index in [4.69, 9.17) is 4.43 Å². The second kappa shape index (κ2) is 6.14. The van der Waals surface area contributed by atoms with E-state index in [0.717, 1.165) is 24.0 Å². The van der Waals surface area contributed by atoms with Crippen LogP contribution in [0.3, 0.4) is 0 Å². The molecule has 2 unspecified atom stereocenters. The molecule has 0 bridgehead atoms. The zero-order chi connectivity index (χ0) is 16.4. The van der Waals surface area contributed by atoms with Crippen molar-refractivity contribution in [3.63, 3.8) is 0 Å². The van der Waals surface area contributed by atoms with Gasteiger partial charge in [-0.25, -0.2) is 13.2 Å². The molecule has 2 atom stereocenters. The van der Waals surface area contributed by atoms with Crippen LogP contribution in [0, 0.1) is 10.1 Å². The number of nitro groups is 1. The van der Waals surface area contributed by atoms with Gasteiger partial charge >= 0.3 is 5.69 Å². The molecule has 0 aliphatic heterocycles. The minimum Gasteiger partial charge on any atom is -0.404 e. The maximum Gasteiger partial charge on any atom is 0.306 e. The summed E-state index contributed by atoms with van der Waals surface area (Å²) in [6.07, 6.45) is -3.15. The maximum atomic E-state index is 14.3. The van der Waals surface area contributed by atoms with E-state index in [1.165, 1.54) is 0 Å². The lowest BCUT2D eigenvalue weighted by molar-refractivity contribution is -0.385. The van der Waals surface area contributed by atoms with Crippen molar-refractivity contribution < 1.29 is 22.5 Å². The van der Waals surface area contributed by atoms with Gasteiger partial charge in [-0.3, -0.25) is 14.8 Å². The van der Waals surface area contributed by atoms with Crippen LogP contribution in [-0.2, 0) is 11.0 Å². The van der Waals surface area contributed by atoms with E-state index < -0.39 is 38.0 Å². The van der Waals surface area contributed by atoms with Crippen LogP contribution in [-0.4, -0.2) is 41.2 Å². The molecule has 0 aromatic carbocycles. The Bertz CT molecular complexity index is 506. The Labute approximate surface area is 121 Å². The lowest BCUT2D eigenvalue weighted by atomic mass is 10.0. The molecule has 0 fully saturated rings. The molecule has 1 aromatic heterocycles. The lowest BCUT2D eigenvalue weighted by Gasteiger charge is -2.37. The zero-order valence-electron chi connectivity index (χ0n) is 12.2. The van der Waals surface area contributed by atoms with Crippen LogP contribution < -0.4 is 0 Å². The first-order chi connectivity index (χ1) is 9.45. The molecule has 6 nitrogen and oxygen atoms in total. The molecular formula is C11H18F3N3O3Si. The molecule has 1 aromatic rings. The Morgan fingerprint density at radius 1 is 1.48 bits per heavy atom. The van der Waals surface area contributed by atoms with Crippen molar-refractivity contribution in [2.24, 2.45) is 0 Å². The molecule has 0 N–H and O–H groups in total. The molecular weight excluding hydrogens is 307 g/mol. The highest BCUT2D eigenvalue weighted by Crippen LogP contribution is 2.31. The van der Waals surface area contributed by atoms with Gasteiger partial charge in [0.2, 0.25) is 0 Å². The highest BCUT2D eigenvalue weighted by Gasteiger charge is 2.47. The summed E-state index contributed by atoms with van der Waals surface area (Å²) in [5.74, 6) is 0. The highest BCUT2D eigenvalue weighted by molar-refractivity contribution is 6.69. The van der Waals surface area contributed by atoms with E-state index in [9.17, 15) is 23.3 Å². The van der Waals surface area contributed by atoms with Crippen molar-refractivity contribution >= 4 is 14.0 Å². The lowest BCUT2D eigenvalue weighted by Crippen LogP contribution is -2.53. The third-order valence-corrected chi connectivity index (χ3v) is 3.81. The van der Waals surface area contributed by atoms with E-state index in [0.29, 0.717) is 0 Å². The van der Waals surface area contributed by atoms with E-state index in [1.807, 2.05) is 0 Å². The van der Waals surface area contributed by atoms with Gasteiger partial charge in [-0.2, -0.15) is 5.10 Å². The van der Waals surface area contributed by atoms with Gasteiger partial charge in [-0.1, -0.05) is 0 Å². The normalized spacial score (nSPS) is 16.8. The minimum atomic E-state index is -3.02. The van der Waals surface area contributed by atoms with Crippen LogP contribution in [0.1, 0.15) is 6.92 Å². The van der Waals surface area contributed by atoms with Crippen LogP contribution in [0.15, 0.2) is 12.4 Å². The van der Waals surface area contributed by atoms with Crippen molar-refractivity contribution in [3.05, 3.63) is 22.5 Å². The van der Waals surface area contributed by atoms with Gasteiger partial charge in [0, 0.05) is 0 Å². The van der Waals surface area contributed by atoms with Crippen LogP contribution >= 0.6 is 0 Å². The molecule has 0 amide bonds. The van der Waals surface area contributed by atoms with Gasteiger partial charge in [0.25, 0.3) is 6.43 Å². The molecule has 21 heavy (non-hydrogen) atoms. The molecule has 1 heterocycles. The first kappa shape index (κ1) is 17.6. The van der Waals surface area contributed by atoms with Crippen LogP contribution in [0.4, 0.5) is 18.9 Å². The molecule has 0 aliphatic carbocycles. The van der Waals surface area contributed by atoms with E-state index in [2.05, 4.69) is 5.10 Å². The van der Waals surface area contributed by atoms with Gasteiger partial charge in [-0.15, -0.1) is 0 Å². The SMILES string of the molecule is CC(O[Si](C)(C)C)(C(F)F)C(F)Cn1cc([N+](=O)[O-])cn1. The molecule has 0 saturated heterocycles. The molecule has 120 valence electrons. The van der Waals surface area contributed by atoms with E-state index >= 15 is 0 Å². The Morgan fingerprint density at radius 3 is 2.43 bits per heavy atom. The number of halogens is 3. The topological polar surface area (TPSA) is 70.2 Å². The Balaban J connectivity index is 2.90. The summed E-state index contributed by atoms with van der Waals surface area (Å²) in [7, 11) is -2.41. The number of rotatable bonds is 7. The van der Waals surface area contributed by atoms with Crippen molar-refractivity contribution in [2.45, 2.75) is 51.3 Å². The first-order valence-electron chi connectivity index (χ1n) is 6.25. The summed E-state index contributed by atoms with van der Waals surface area (Å²) in [6.45, 7) is 5.51. The number of hydrogen-bond acceptors (Lipinski definition) is 4. The van der Waals surface area contributed by atoms with Crippen LogP contribution in [0.5, 0.6) is 0 Å². The summed E-state index contributed by atoms with van der Waals surface area (Å²) in [4.78, 5) is 9.82. The Hall–Kier alpha value is -1.42.